The number of aromatic nitrogens is 1. The number of benzene rings is 1. The molecule has 5 heteroatoms. The van der Waals surface area contributed by atoms with E-state index in [0.717, 1.165) is 38.0 Å². The van der Waals surface area contributed by atoms with Crippen LogP contribution in [0, 0.1) is 0 Å². The average molecular weight is 338 g/mol. The SMILES string of the molecule is CN(Cc1ccncc1)C(=O)NC1CCCN(Cc2ccccc2)C1. The lowest BCUT2D eigenvalue weighted by atomic mass is 10.0. The van der Waals surface area contributed by atoms with Crippen LogP contribution in [0.4, 0.5) is 4.79 Å². The van der Waals surface area contributed by atoms with E-state index in [4.69, 9.17) is 0 Å². The highest BCUT2D eigenvalue weighted by atomic mass is 16.2. The molecule has 1 saturated heterocycles. The average Bonchev–Trinajstić information content (AvgIpc) is 2.63. The summed E-state index contributed by atoms with van der Waals surface area (Å²) in [6.45, 7) is 3.53. The Kier molecular flexibility index (Phi) is 6.01. The second kappa shape index (κ2) is 8.62. The molecule has 3 rings (SSSR count). The summed E-state index contributed by atoms with van der Waals surface area (Å²) in [5, 5.41) is 3.18. The molecular formula is C20H26N4O. The molecule has 0 aliphatic carbocycles. The normalized spacial score (nSPS) is 17.9. The number of hydrogen-bond acceptors (Lipinski definition) is 3. The van der Waals surface area contributed by atoms with Crippen LogP contribution in [-0.2, 0) is 13.1 Å². The maximum atomic E-state index is 12.5. The lowest BCUT2D eigenvalue weighted by molar-refractivity contribution is 0.167. The maximum absolute atomic E-state index is 12.5. The molecule has 0 bridgehead atoms. The zero-order chi connectivity index (χ0) is 17.5. The van der Waals surface area contributed by atoms with Crippen LogP contribution in [0.25, 0.3) is 0 Å². The Hall–Kier alpha value is -2.40. The Balaban J connectivity index is 1.49. The van der Waals surface area contributed by atoms with Crippen molar-refractivity contribution >= 4 is 6.03 Å². The third-order valence-corrected chi connectivity index (χ3v) is 4.60. The van der Waals surface area contributed by atoms with Crippen LogP contribution in [0.3, 0.4) is 0 Å². The second-order valence-electron chi connectivity index (χ2n) is 6.72. The highest BCUT2D eigenvalue weighted by Gasteiger charge is 2.22. The molecule has 1 atom stereocenters. The van der Waals surface area contributed by atoms with Gasteiger partial charge in [0.1, 0.15) is 0 Å². The van der Waals surface area contributed by atoms with Crippen molar-refractivity contribution in [3.05, 3.63) is 66.0 Å². The van der Waals surface area contributed by atoms with Crippen molar-refractivity contribution in [2.24, 2.45) is 0 Å². The van der Waals surface area contributed by atoms with Gasteiger partial charge in [0.2, 0.25) is 0 Å². The summed E-state index contributed by atoms with van der Waals surface area (Å²) >= 11 is 0. The topological polar surface area (TPSA) is 48.5 Å². The maximum Gasteiger partial charge on any atom is 0.317 e. The number of amides is 2. The molecular weight excluding hydrogens is 312 g/mol. The number of urea groups is 1. The lowest BCUT2D eigenvalue weighted by Gasteiger charge is -2.34. The molecule has 1 aromatic carbocycles. The van der Waals surface area contributed by atoms with Gasteiger partial charge in [0.25, 0.3) is 0 Å². The minimum Gasteiger partial charge on any atom is -0.334 e. The van der Waals surface area contributed by atoms with Crippen LogP contribution in [0.15, 0.2) is 54.9 Å². The van der Waals surface area contributed by atoms with E-state index < -0.39 is 0 Å². The molecule has 25 heavy (non-hydrogen) atoms. The van der Waals surface area contributed by atoms with Gasteiger partial charge in [-0.05, 0) is 42.6 Å². The van der Waals surface area contributed by atoms with Gasteiger partial charge in [0.15, 0.2) is 0 Å². The van der Waals surface area contributed by atoms with Crippen molar-refractivity contribution in [2.75, 3.05) is 20.1 Å². The van der Waals surface area contributed by atoms with Crippen LogP contribution >= 0.6 is 0 Å². The standard InChI is InChI=1S/C20H26N4O/c1-23(14-18-9-11-21-12-10-18)20(25)22-19-8-5-13-24(16-19)15-17-6-3-2-4-7-17/h2-4,6-7,9-12,19H,5,8,13-16H2,1H3,(H,22,25). The smallest absolute Gasteiger partial charge is 0.317 e. The Morgan fingerprint density at radius 3 is 2.72 bits per heavy atom. The number of rotatable bonds is 5. The number of nitrogens with zero attached hydrogens (tertiary/aromatic N) is 3. The van der Waals surface area contributed by atoms with E-state index >= 15 is 0 Å². The van der Waals surface area contributed by atoms with Crippen LogP contribution in [-0.4, -0.2) is 47.0 Å². The predicted molar refractivity (Wildman–Crippen MR) is 99.0 cm³/mol. The molecule has 0 saturated carbocycles. The Bertz CT molecular complexity index is 662. The fourth-order valence-electron chi connectivity index (χ4n) is 3.28. The summed E-state index contributed by atoms with van der Waals surface area (Å²) in [4.78, 5) is 20.6. The third kappa shape index (κ3) is 5.29. The second-order valence-corrected chi connectivity index (χ2v) is 6.72. The van der Waals surface area contributed by atoms with Gasteiger partial charge in [0.05, 0.1) is 0 Å². The molecule has 2 aromatic rings. The van der Waals surface area contributed by atoms with E-state index in [9.17, 15) is 4.79 Å². The van der Waals surface area contributed by atoms with Crippen LogP contribution in [0.2, 0.25) is 0 Å². The van der Waals surface area contributed by atoms with E-state index in [1.54, 1.807) is 17.3 Å². The first-order valence-corrected chi connectivity index (χ1v) is 8.87. The number of hydrogen-bond donors (Lipinski definition) is 1. The monoisotopic (exact) mass is 338 g/mol. The third-order valence-electron chi connectivity index (χ3n) is 4.60. The number of nitrogens with one attached hydrogen (secondary N) is 1. The summed E-state index contributed by atoms with van der Waals surface area (Å²) < 4.78 is 0. The Labute approximate surface area is 149 Å². The van der Waals surface area contributed by atoms with Gasteiger partial charge in [-0.3, -0.25) is 9.88 Å². The molecule has 132 valence electrons. The van der Waals surface area contributed by atoms with Crippen molar-refractivity contribution in [1.29, 1.82) is 0 Å². The quantitative estimate of drug-likeness (QED) is 0.912. The first-order valence-electron chi connectivity index (χ1n) is 8.87. The van der Waals surface area contributed by atoms with E-state index in [0.29, 0.717) is 6.54 Å². The molecule has 5 nitrogen and oxygen atoms in total. The molecule has 2 amide bonds. The molecule has 1 aromatic heterocycles. The Morgan fingerprint density at radius 1 is 1.20 bits per heavy atom. The van der Waals surface area contributed by atoms with Crippen LogP contribution < -0.4 is 5.32 Å². The molecule has 1 aliphatic rings. The van der Waals surface area contributed by atoms with Gasteiger partial charge in [-0.15, -0.1) is 0 Å². The number of piperidine rings is 1. The number of likely N-dealkylation sites (tertiary alicyclic amines) is 1. The van der Waals surface area contributed by atoms with E-state index in [1.165, 1.54) is 5.56 Å². The largest absolute Gasteiger partial charge is 0.334 e. The van der Waals surface area contributed by atoms with Gasteiger partial charge >= 0.3 is 6.03 Å². The lowest BCUT2D eigenvalue weighted by Crippen LogP contribution is -2.50. The van der Waals surface area contributed by atoms with Gasteiger partial charge < -0.3 is 10.2 Å². The van der Waals surface area contributed by atoms with Crippen LogP contribution in [0.1, 0.15) is 24.0 Å². The van der Waals surface area contributed by atoms with Crippen molar-refractivity contribution in [3.63, 3.8) is 0 Å². The summed E-state index contributed by atoms with van der Waals surface area (Å²) in [5.74, 6) is 0. The highest BCUT2D eigenvalue weighted by Crippen LogP contribution is 2.14. The highest BCUT2D eigenvalue weighted by molar-refractivity contribution is 5.74. The van der Waals surface area contributed by atoms with Crippen molar-refractivity contribution in [3.8, 4) is 0 Å². The molecule has 1 aliphatic heterocycles. The zero-order valence-corrected chi connectivity index (χ0v) is 14.8. The predicted octanol–water partition coefficient (Wildman–Crippen LogP) is 2.89. The van der Waals surface area contributed by atoms with Gasteiger partial charge in [-0.2, -0.15) is 0 Å². The van der Waals surface area contributed by atoms with Crippen molar-refractivity contribution in [1.82, 2.24) is 20.1 Å². The van der Waals surface area contributed by atoms with E-state index in [2.05, 4.69) is 39.5 Å². The fourth-order valence-corrected chi connectivity index (χ4v) is 3.28. The van der Waals surface area contributed by atoms with Crippen molar-refractivity contribution in [2.45, 2.75) is 32.0 Å². The van der Waals surface area contributed by atoms with E-state index in [1.807, 2.05) is 25.2 Å². The molecule has 1 N–H and O–H groups in total. The zero-order valence-electron chi connectivity index (χ0n) is 14.8. The van der Waals surface area contributed by atoms with E-state index in [-0.39, 0.29) is 12.1 Å². The first kappa shape index (κ1) is 17.4. The fraction of sp³-hybridized carbons (Fsp3) is 0.400. The van der Waals surface area contributed by atoms with Gasteiger partial charge in [0, 0.05) is 45.1 Å². The minimum atomic E-state index is -0.0108. The Morgan fingerprint density at radius 2 is 1.96 bits per heavy atom. The molecule has 0 spiro atoms. The summed E-state index contributed by atoms with van der Waals surface area (Å²) in [6, 6.07) is 14.6. The molecule has 0 radical (unpaired) electrons. The molecule has 1 unspecified atom stereocenters. The first-order chi connectivity index (χ1) is 12.2. The summed E-state index contributed by atoms with van der Waals surface area (Å²) in [6.07, 6.45) is 5.67. The summed E-state index contributed by atoms with van der Waals surface area (Å²) in [5.41, 5.74) is 2.41. The van der Waals surface area contributed by atoms with Gasteiger partial charge in [-0.1, -0.05) is 30.3 Å². The molecule has 1 fully saturated rings. The van der Waals surface area contributed by atoms with Gasteiger partial charge in [-0.25, -0.2) is 4.79 Å². The molecule has 2 heterocycles. The number of carbonyl (C=O) groups excluding carboxylic acids is 1. The summed E-state index contributed by atoms with van der Waals surface area (Å²) in [7, 11) is 1.83. The van der Waals surface area contributed by atoms with Crippen molar-refractivity contribution < 1.29 is 4.79 Å². The minimum absolute atomic E-state index is 0.0108. The number of carbonyl (C=O) groups is 1. The van der Waals surface area contributed by atoms with Crippen LogP contribution in [0.5, 0.6) is 0 Å². The number of pyridine rings is 1.